The van der Waals surface area contributed by atoms with Crippen LogP contribution in [0, 0.1) is 0 Å². The predicted molar refractivity (Wildman–Crippen MR) is 60.2 cm³/mol. The van der Waals surface area contributed by atoms with Crippen LogP contribution in [0.15, 0.2) is 0 Å². The maximum Gasteiger partial charge on any atom is 0.335 e. The molecule has 1 N–H and O–H groups in total. The summed E-state index contributed by atoms with van der Waals surface area (Å²) in [6.45, 7) is 6.97. The summed E-state index contributed by atoms with van der Waals surface area (Å²) in [5.41, 5.74) is 0. The molecule has 3 aliphatic rings. The minimum Gasteiger partial charge on any atom is -0.479 e. The van der Waals surface area contributed by atoms with Gasteiger partial charge in [-0.1, -0.05) is 0 Å². The molecule has 0 bridgehead atoms. The highest BCUT2D eigenvalue weighted by atomic mass is 16.9. The fourth-order valence-electron chi connectivity index (χ4n) is 2.81. The molecular weight excluding hydrogens is 256 g/mol. The van der Waals surface area contributed by atoms with Crippen molar-refractivity contribution < 1.29 is 33.6 Å². The van der Waals surface area contributed by atoms with Gasteiger partial charge in [0.05, 0.1) is 0 Å². The van der Waals surface area contributed by atoms with Gasteiger partial charge in [0.2, 0.25) is 0 Å². The van der Waals surface area contributed by atoms with Crippen LogP contribution in [0.1, 0.15) is 27.7 Å². The van der Waals surface area contributed by atoms with Gasteiger partial charge in [-0.25, -0.2) is 4.79 Å². The first-order chi connectivity index (χ1) is 8.69. The van der Waals surface area contributed by atoms with Crippen molar-refractivity contribution >= 4 is 5.97 Å². The summed E-state index contributed by atoms with van der Waals surface area (Å²) < 4.78 is 28.2. The van der Waals surface area contributed by atoms with Crippen molar-refractivity contribution in [2.45, 2.75) is 70.0 Å². The topological polar surface area (TPSA) is 83.5 Å². The van der Waals surface area contributed by atoms with Crippen LogP contribution in [0.25, 0.3) is 0 Å². The van der Waals surface area contributed by atoms with Gasteiger partial charge in [-0.15, -0.1) is 0 Å². The molecule has 0 aromatic carbocycles. The molecule has 0 aliphatic carbocycles. The van der Waals surface area contributed by atoms with Crippen molar-refractivity contribution in [3.05, 3.63) is 0 Å². The van der Waals surface area contributed by atoms with Gasteiger partial charge >= 0.3 is 5.97 Å². The Morgan fingerprint density at radius 2 is 1.42 bits per heavy atom. The zero-order valence-electron chi connectivity index (χ0n) is 11.3. The normalized spacial score (nSPS) is 46.6. The molecule has 3 aliphatic heterocycles. The molecule has 3 fully saturated rings. The Hall–Kier alpha value is -0.730. The van der Waals surface area contributed by atoms with Crippen LogP contribution in [0.3, 0.4) is 0 Å². The molecule has 5 atom stereocenters. The first-order valence-electron chi connectivity index (χ1n) is 6.28. The molecule has 7 heteroatoms. The number of hydrogen-bond donors (Lipinski definition) is 1. The monoisotopic (exact) mass is 274 g/mol. The van der Waals surface area contributed by atoms with Crippen molar-refractivity contribution in [1.29, 1.82) is 0 Å². The number of rotatable bonds is 1. The summed E-state index contributed by atoms with van der Waals surface area (Å²) >= 11 is 0. The van der Waals surface area contributed by atoms with E-state index in [2.05, 4.69) is 0 Å². The number of hydrogen-bond acceptors (Lipinski definition) is 6. The van der Waals surface area contributed by atoms with E-state index in [1.54, 1.807) is 27.7 Å². The maximum absolute atomic E-state index is 11.3. The summed E-state index contributed by atoms with van der Waals surface area (Å²) in [5.74, 6) is -2.79. The number of carboxylic acid groups (broad SMARTS) is 1. The van der Waals surface area contributed by atoms with E-state index in [0.717, 1.165) is 0 Å². The Bertz CT molecular complexity index is 405. The van der Waals surface area contributed by atoms with Gasteiger partial charge in [0.25, 0.3) is 0 Å². The average Bonchev–Trinajstić information content (AvgIpc) is 2.70. The van der Waals surface area contributed by atoms with Crippen LogP contribution >= 0.6 is 0 Å². The minimum absolute atomic E-state index is 0.489. The van der Waals surface area contributed by atoms with E-state index in [9.17, 15) is 9.90 Å². The highest BCUT2D eigenvalue weighted by molar-refractivity contribution is 5.73. The highest BCUT2D eigenvalue weighted by Crippen LogP contribution is 2.43. The number of aliphatic carboxylic acids is 1. The molecule has 0 aromatic heterocycles. The fraction of sp³-hybridized carbons (Fsp3) is 0.917. The first kappa shape index (κ1) is 13.3. The van der Waals surface area contributed by atoms with Gasteiger partial charge in [-0.2, -0.15) is 0 Å². The van der Waals surface area contributed by atoms with Crippen LogP contribution in [-0.2, 0) is 28.5 Å². The summed E-state index contributed by atoms with van der Waals surface area (Å²) in [7, 11) is 0. The first-order valence-corrected chi connectivity index (χ1v) is 6.28. The van der Waals surface area contributed by atoms with Crippen LogP contribution in [0.4, 0.5) is 0 Å². The quantitative estimate of drug-likeness (QED) is 0.744. The third-order valence-electron chi connectivity index (χ3n) is 3.40. The number of carboxylic acids is 1. The van der Waals surface area contributed by atoms with Crippen molar-refractivity contribution in [2.75, 3.05) is 0 Å². The van der Waals surface area contributed by atoms with Crippen molar-refractivity contribution in [2.24, 2.45) is 0 Å². The number of carbonyl (C=O) groups is 1. The Kier molecular flexibility index (Phi) is 2.72. The summed E-state index contributed by atoms with van der Waals surface area (Å²) in [6.07, 6.45) is -3.58. The molecule has 0 saturated carbocycles. The molecule has 0 aromatic rings. The lowest BCUT2D eigenvalue weighted by atomic mass is 9.99. The van der Waals surface area contributed by atoms with Gasteiger partial charge in [-0.05, 0) is 27.7 Å². The van der Waals surface area contributed by atoms with E-state index < -0.39 is 48.2 Å². The lowest BCUT2D eigenvalue weighted by Crippen LogP contribution is -2.57. The molecule has 3 saturated heterocycles. The Morgan fingerprint density at radius 3 is 2.05 bits per heavy atom. The van der Waals surface area contributed by atoms with Crippen LogP contribution < -0.4 is 0 Å². The van der Waals surface area contributed by atoms with E-state index in [0.29, 0.717) is 0 Å². The molecule has 108 valence electrons. The minimum atomic E-state index is -1.12. The van der Waals surface area contributed by atoms with Gasteiger partial charge in [0, 0.05) is 0 Å². The Balaban J connectivity index is 1.91. The third kappa shape index (κ3) is 2.15. The molecule has 3 rings (SSSR count). The van der Waals surface area contributed by atoms with Gasteiger partial charge in [-0.3, -0.25) is 0 Å². The third-order valence-corrected chi connectivity index (χ3v) is 3.40. The smallest absolute Gasteiger partial charge is 0.335 e. The van der Waals surface area contributed by atoms with Crippen LogP contribution in [-0.4, -0.2) is 53.4 Å². The summed E-state index contributed by atoms with van der Waals surface area (Å²) in [4.78, 5) is 11.3. The largest absolute Gasteiger partial charge is 0.479 e. The van der Waals surface area contributed by atoms with E-state index in [1.807, 2.05) is 0 Å². The summed E-state index contributed by atoms with van der Waals surface area (Å²) in [5, 5.41) is 9.25. The molecule has 0 amide bonds. The number of fused-ring (bicyclic) bond motifs is 3. The van der Waals surface area contributed by atoms with E-state index in [1.165, 1.54) is 0 Å². The second kappa shape index (κ2) is 3.89. The van der Waals surface area contributed by atoms with Crippen molar-refractivity contribution in [3.63, 3.8) is 0 Å². The van der Waals surface area contributed by atoms with Crippen LogP contribution in [0.2, 0.25) is 0 Å². The molecule has 1 unspecified atom stereocenters. The van der Waals surface area contributed by atoms with Gasteiger partial charge < -0.3 is 28.8 Å². The zero-order valence-corrected chi connectivity index (χ0v) is 11.3. The van der Waals surface area contributed by atoms with Crippen molar-refractivity contribution in [3.8, 4) is 0 Å². The lowest BCUT2D eigenvalue weighted by Gasteiger charge is -2.35. The summed E-state index contributed by atoms with van der Waals surface area (Å²) in [6, 6.07) is 0. The lowest BCUT2D eigenvalue weighted by molar-refractivity contribution is -0.237. The fourth-order valence-corrected chi connectivity index (χ4v) is 2.81. The Morgan fingerprint density at radius 1 is 0.895 bits per heavy atom. The van der Waals surface area contributed by atoms with Crippen LogP contribution in [0.5, 0.6) is 0 Å². The second-order valence-corrected chi connectivity index (χ2v) is 5.93. The highest BCUT2D eigenvalue weighted by Gasteiger charge is 2.62. The van der Waals surface area contributed by atoms with E-state index >= 15 is 0 Å². The molecule has 0 spiro atoms. The van der Waals surface area contributed by atoms with E-state index in [-0.39, 0.29) is 0 Å². The standard InChI is InChI=1S/C12H18O7/c1-11(2)16-5-6(17-11)8-10(15-7(5)9(13)14)19-12(3,4)18-8/h5-8,10H,1-4H3,(H,13,14)/t5-,6+,7+,8-,10?/m1/s1. The van der Waals surface area contributed by atoms with Gasteiger partial charge in [0.15, 0.2) is 24.0 Å². The van der Waals surface area contributed by atoms with E-state index in [4.69, 9.17) is 23.7 Å². The molecular formula is C12H18O7. The van der Waals surface area contributed by atoms with Gasteiger partial charge in [0.1, 0.15) is 18.3 Å². The molecule has 19 heavy (non-hydrogen) atoms. The zero-order chi connectivity index (χ0) is 14.0. The molecule has 0 radical (unpaired) electrons. The van der Waals surface area contributed by atoms with Crippen molar-refractivity contribution in [1.82, 2.24) is 0 Å². The number of ether oxygens (including phenoxy) is 5. The molecule has 3 heterocycles. The maximum atomic E-state index is 11.3. The average molecular weight is 274 g/mol. The molecule has 7 nitrogen and oxygen atoms in total. The second-order valence-electron chi connectivity index (χ2n) is 5.93. The predicted octanol–water partition coefficient (Wildman–Crippen LogP) is 0.467. The SMILES string of the molecule is CC1(C)O[C@@H]2[C@H](O1)[C@H]1OC(C)(C)OC1O[C@@H]2C(=O)O. The Labute approximate surface area is 110 Å².